The van der Waals surface area contributed by atoms with Gasteiger partial charge in [0.05, 0.1) is 6.20 Å². The Hall–Kier alpha value is -2.98. The van der Waals surface area contributed by atoms with Crippen LogP contribution in [0.3, 0.4) is 0 Å². The molecular weight excluding hydrogens is 317 g/mol. The number of aryl methyl sites for hydroxylation is 1. The van der Waals surface area contributed by atoms with E-state index in [2.05, 4.69) is 25.2 Å². The van der Waals surface area contributed by atoms with E-state index >= 15 is 0 Å². The molecule has 0 atom stereocenters. The van der Waals surface area contributed by atoms with Gasteiger partial charge in [0.25, 0.3) is 5.56 Å². The predicted molar refractivity (Wildman–Crippen MR) is 69.2 cm³/mol. The molecule has 0 unspecified atom stereocenters. The zero-order valence-corrected chi connectivity index (χ0v) is 11.6. The third kappa shape index (κ3) is 3.12. The number of nitrogens with zero attached hydrogens (tertiary/aromatic N) is 5. The average Bonchev–Trinajstić information content (AvgIpc) is 3.06. The van der Waals surface area contributed by atoms with E-state index in [0.29, 0.717) is 0 Å². The van der Waals surface area contributed by atoms with E-state index in [0.717, 1.165) is 10.9 Å². The largest absolute Gasteiger partial charge is 0.435 e. The number of hydrogen-bond donors (Lipinski definition) is 1. The van der Waals surface area contributed by atoms with Crippen LogP contribution in [0, 0.1) is 6.92 Å². The lowest BCUT2D eigenvalue weighted by Crippen LogP contribution is -2.09. The molecule has 0 radical (unpaired) electrons. The highest BCUT2D eigenvalue weighted by atomic mass is 19.4. The van der Waals surface area contributed by atoms with Crippen molar-refractivity contribution in [1.82, 2.24) is 29.9 Å². The van der Waals surface area contributed by atoms with Crippen molar-refractivity contribution in [3.63, 3.8) is 0 Å². The second-order valence-corrected chi connectivity index (χ2v) is 4.66. The zero-order chi connectivity index (χ0) is 16.6. The monoisotopic (exact) mass is 326 g/mol. The molecule has 0 aliphatic carbocycles. The SMILES string of the molecule is Cc1cn(Cc2nc(-c3c[nH]c(=O)cn3)no2)nc1C(F)(F)F. The molecule has 0 bridgehead atoms. The molecule has 120 valence electrons. The highest BCUT2D eigenvalue weighted by Gasteiger charge is 2.36. The second-order valence-electron chi connectivity index (χ2n) is 4.66. The maximum absolute atomic E-state index is 12.7. The first-order valence-corrected chi connectivity index (χ1v) is 6.32. The molecular formula is C12H9F3N6O2. The van der Waals surface area contributed by atoms with Crippen LogP contribution in [0.15, 0.2) is 27.9 Å². The van der Waals surface area contributed by atoms with Crippen molar-refractivity contribution in [2.24, 2.45) is 0 Å². The number of hydrogen-bond acceptors (Lipinski definition) is 6. The number of alkyl halides is 3. The molecule has 0 aromatic carbocycles. The van der Waals surface area contributed by atoms with Crippen LogP contribution in [-0.4, -0.2) is 29.9 Å². The van der Waals surface area contributed by atoms with Gasteiger partial charge in [0.15, 0.2) is 5.69 Å². The van der Waals surface area contributed by atoms with Crippen molar-refractivity contribution in [3.05, 3.63) is 46.1 Å². The van der Waals surface area contributed by atoms with Crippen molar-refractivity contribution in [2.45, 2.75) is 19.6 Å². The van der Waals surface area contributed by atoms with Crippen molar-refractivity contribution >= 4 is 0 Å². The molecule has 0 amide bonds. The summed E-state index contributed by atoms with van der Waals surface area (Å²) in [5.41, 5.74) is -1.07. The molecule has 1 N–H and O–H groups in total. The summed E-state index contributed by atoms with van der Waals surface area (Å²) in [6.07, 6.45) is -0.922. The third-order valence-corrected chi connectivity index (χ3v) is 2.88. The molecule has 0 fully saturated rings. The first-order valence-electron chi connectivity index (χ1n) is 6.32. The number of aromatic nitrogens is 6. The summed E-state index contributed by atoms with van der Waals surface area (Å²) in [6.45, 7) is 1.20. The van der Waals surface area contributed by atoms with E-state index in [1.807, 2.05) is 0 Å². The summed E-state index contributed by atoms with van der Waals surface area (Å²) in [6, 6.07) is 0. The topological polar surface area (TPSA) is 102 Å². The lowest BCUT2D eigenvalue weighted by atomic mass is 10.3. The Morgan fingerprint density at radius 3 is 2.78 bits per heavy atom. The molecule has 3 heterocycles. The number of halogens is 3. The Bertz CT molecular complexity index is 874. The predicted octanol–water partition coefficient (Wildman–Crippen LogP) is 1.39. The number of aromatic amines is 1. The molecule has 3 aromatic heterocycles. The molecule has 0 aliphatic heterocycles. The van der Waals surface area contributed by atoms with Crippen LogP contribution in [0.25, 0.3) is 11.5 Å². The maximum atomic E-state index is 12.7. The lowest BCUT2D eigenvalue weighted by Gasteiger charge is -2.02. The normalized spacial score (nSPS) is 11.8. The van der Waals surface area contributed by atoms with Gasteiger partial charge in [0.1, 0.15) is 12.2 Å². The summed E-state index contributed by atoms with van der Waals surface area (Å²) < 4.78 is 44.1. The zero-order valence-electron chi connectivity index (χ0n) is 11.6. The molecule has 0 spiro atoms. The van der Waals surface area contributed by atoms with Crippen LogP contribution in [0.1, 0.15) is 17.1 Å². The quantitative estimate of drug-likeness (QED) is 0.780. The summed E-state index contributed by atoms with van der Waals surface area (Å²) in [7, 11) is 0. The molecule has 0 saturated heterocycles. The minimum atomic E-state index is -4.52. The Kier molecular flexibility index (Phi) is 3.47. The molecule has 3 aromatic rings. The highest BCUT2D eigenvalue weighted by Crippen LogP contribution is 2.30. The fraction of sp³-hybridized carbons (Fsp3) is 0.250. The van der Waals surface area contributed by atoms with Gasteiger partial charge in [-0.2, -0.15) is 23.3 Å². The fourth-order valence-corrected chi connectivity index (χ4v) is 1.91. The average molecular weight is 326 g/mol. The van der Waals surface area contributed by atoms with Gasteiger partial charge in [0.2, 0.25) is 11.7 Å². The minimum absolute atomic E-state index is 0.000426. The van der Waals surface area contributed by atoms with Gasteiger partial charge in [-0.15, -0.1) is 0 Å². The Balaban J connectivity index is 1.82. The number of H-pyrrole nitrogens is 1. The molecule has 3 rings (SSSR count). The van der Waals surface area contributed by atoms with E-state index in [4.69, 9.17) is 4.52 Å². The number of nitrogens with one attached hydrogen (secondary N) is 1. The summed E-state index contributed by atoms with van der Waals surface area (Å²) in [5.74, 6) is 0.167. The molecule has 0 saturated carbocycles. The van der Waals surface area contributed by atoms with Crippen LogP contribution in [0.2, 0.25) is 0 Å². The minimum Gasteiger partial charge on any atom is -0.337 e. The van der Waals surface area contributed by atoms with E-state index in [-0.39, 0.29) is 35.1 Å². The van der Waals surface area contributed by atoms with Gasteiger partial charge >= 0.3 is 6.18 Å². The number of rotatable bonds is 3. The third-order valence-electron chi connectivity index (χ3n) is 2.88. The van der Waals surface area contributed by atoms with Gasteiger partial charge in [-0.05, 0) is 12.5 Å². The summed E-state index contributed by atoms with van der Waals surface area (Å²) in [4.78, 5) is 21.2. The molecule has 0 aliphatic rings. The van der Waals surface area contributed by atoms with Crippen LogP contribution < -0.4 is 5.56 Å². The van der Waals surface area contributed by atoms with Crippen LogP contribution >= 0.6 is 0 Å². The van der Waals surface area contributed by atoms with E-state index in [9.17, 15) is 18.0 Å². The van der Waals surface area contributed by atoms with Gasteiger partial charge in [-0.1, -0.05) is 5.16 Å². The first kappa shape index (κ1) is 14.9. The van der Waals surface area contributed by atoms with Gasteiger partial charge in [-0.25, -0.2) is 4.98 Å². The van der Waals surface area contributed by atoms with Gasteiger partial charge in [-0.3, -0.25) is 9.48 Å². The molecule has 23 heavy (non-hydrogen) atoms. The van der Waals surface area contributed by atoms with Crippen LogP contribution in [-0.2, 0) is 12.7 Å². The standard InChI is InChI=1S/C12H9F3N6O2/c1-6-4-21(19-10(6)12(13,14)15)5-9-18-11(20-23-9)7-2-17-8(22)3-16-7/h2-4H,5H2,1H3,(H,17,22). The first-order chi connectivity index (χ1) is 10.8. The molecule has 11 heteroatoms. The van der Waals surface area contributed by atoms with Gasteiger partial charge in [0, 0.05) is 12.4 Å². The van der Waals surface area contributed by atoms with Crippen molar-refractivity contribution < 1.29 is 17.7 Å². The van der Waals surface area contributed by atoms with Gasteiger partial charge < -0.3 is 9.51 Å². The maximum Gasteiger partial charge on any atom is 0.435 e. The van der Waals surface area contributed by atoms with Crippen molar-refractivity contribution in [1.29, 1.82) is 0 Å². The van der Waals surface area contributed by atoms with E-state index in [1.54, 1.807) is 0 Å². The molecule has 8 nitrogen and oxygen atoms in total. The van der Waals surface area contributed by atoms with Crippen molar-refractivity contribution in [3.8, 4) is 11.5 Å². The highest BCUT2D eigenvalue weighted by molar-refractivity contribution is 5.45. The Morgan fingerprint density at radius 1 is 1.39 bits per heavy atom. The van der Waals surface area contributed by atoms with Crippen LogP contribution in [0.4, 0.5) is 13.2 Å². The van der Waals surface area contributed by atoms with E-state index < -0.39 is 11.9 Å². The Morgan fingerprint density at radius 2 is 2.17 bits per heavy atom. The van der Waals surface area contributed by atoms with Crippen molar-refractivity contribution in [2.75, 3.05) is 0 Å². The second kappa shape index (κ2) is 5.34. The summed E-state index contributed by atoms with van der Waals surface area (Å²) >= 11 is 0. The van der Waals surface area contributed by atoms with Crippen LogP contribution in [0.5, 0.6) is 0 Å². The summed E-state index contributed by atoms with van der Waals surface area (Å²) in [5, 5.41) is 7.13. The Labute approximate surface area is 126 Å². The van der Waals surface area contributed by atoms with E-state index in [1.165, 1.54) is 19.3 Å². The smallest absolute Gasteiger partial charge is 0.337 e. The lowest BCUT2D eigenvalue weighted by molar-refractivity contribution is -0.141. The fourth-order valence-electron chi connectivity index (χ4n) is 1.91.